The molecular weight excluding hydrogens is 364 g/mol. The third-order valence-corrected chi connectivity index (χ3v) is 5.13. The number of aryl methyl sites for hydroxylation is 3. The van der Waals surface area contributed by atoms with Gasteiger partial charge in [0.05, 0.1) is 47.5 Å². The number of benzene rings is 1. The van der Waals surface area contributed by atoms with Gasteiger partial charge in [-0.3, -0.25) is 9.48 Å². The number of carbonyl (C=O) groups is 1. The molecular formula is C22H26N6O. The summed E-state index contributed by atoms with van der Waals surface area (Å²) in [6, 6.07) is 12.0. The predicted molar refractivity (Wildman–Crippen MR) is 112 cm³/mol. The van der Waals surface area contributed by atoms with Crippen LogP contribution in [0.25, 0.3) is 5.69 Å². The van der Waals surface area contributed by atoms with Gasteiger partial charge in [0.1, 0.15) is 0 Å². The average Bonchev–Trinajstić information content (AvgIpc) is 3.15. The molecule has 0 spiro atoms. The van der Waals surface area contributed by atoms with Gasteiger partial charge in [0.15, 0.2) is 0 Å². The third kappa shape index (κ3) is 4.37. The summed E-state index contributed by atoms with van der Waals surface area (Å²) in [6.07, 6.45) is 1.40. The molecule has 0 fully saturated rings. The lowest BCUT2D eigenvalue weighted by molar-refractivity contribution is -0.116. The Morgan fingerprint density at radius 3 is 2.48 bits per heavy atom. The molecule has 0 bridgehead atoms. The number of rotatable bonds is 7. The second-order valence-corrected chi connectivity index (χ2v) is 7.12. The molecule has 1 N–H and O–H groups in total. The number of hydrogen-bond acceptors (Lipinski definition) is 4. The fourth-order valence-electron chi connectivity index (χ4n) is 3.55. The highest BCUT2D eigenvalue weighted by atomic mass is 16.1. The predicted octanol–water partition coefficient (Wildman–Crippen LogP) is 3.79. The highest BCUT2D eigenvalue weighted by Crippen LogP contribution is 2.23. The van der Waals surface area contributed by atoms with Crippen molar-refractivity contribution in [2.75, 3.05) is 5.32 Å². The molecule has 1 amide bonds. The van der Waals surface area contributed by atoms with Crippen molar-refractivity contribution in [3.63, 3.8) is 0 Å². The Hall–Kier alpha value is -3.40. The molecule has 2 heterocycles. The molecule has 0 aliphatic carbocycles. The first kappa shape index (κ1) is 20.3. The Balaban J connectivity index is 1.69. The van der Waals surface area contributed by atoms with E-state index >= 15 is 0 Å². The van der Waals surface area contributed by atoms with Gasteiger partial charge in [-0.15, -0.1) is 0 Å². The molecule has 1 aromatic carbocycles. The van der Waals surface area contributed by atoms with E-state index in [4.69, 9.17) is 5.26 Å². The summed E-state index contributed by atoms with van der Waals surface area (Å²) < 4.78 is 3.70. The van der Waals surface area contributed by atoms with Crippen LogP contribution in [0.2, 0.25) is 0 Å². The summed E-state index contributed by atoms with van der Waals surface area (Å²) in [5, 5.41) is 20.9. The summed E-state index contributed by atoms with van der Waals surface area (Å²) in [5.41, 5.74) is 6.43. The second-order valence-electron chi connectivity index (χ2n) is 7.12. The summed E-state index contributed by atoms with van der Waals surface area (Å²) in [4.78, 5) is 12.6. The maximum atomic E-state index is 12.6. The monoisotopic (exact) mass is 390 g/mol. The minimum Gasteiger partial charge on any atom is -0.323 e. The van der Waals surface area contributed by atoms with Crippen molar-refractivity contribution in [2.45, 2.75) is 53.5 Å². The van der Waals surface area contributed by atoms with Gasteiger partial charge in [0.25, 0.3) is 0 Å². The molecule has 2 aromatic heterocycles. The Kier molecular flexibility index (Phi) is 6.13. The van der Waals surface area contributed by atoms with E-state index in [0.717, 1.165) is 39.7 Å². The first-order valence-corrected chi connectivity index (χ1v) is 9.73. The van der Waals surface area contributed by atoms with Crippen LogP contribution >= 0.6 is 0 Å². The molecule has 0 aliphatic rings. The van der Waals surface area contributed by atoms with Gasteiger partial charge in [0, 0.05) is 12.1 Å². The van der Waals surface area contributed by atoms with Gasteiger partial charge in [-0.25, -0.2) is 4.68 Å². The van der Waals surface area contributed by atoms with Crippen LogP contribution in [-0.4, -0.2) is 25.5 Å². The highest BCUT2D eigenvalue weighted by molar-refractivity contribution is 5.92. The van der Waals surface area contributed by atoms with Crippen LogP contribution in [0, 0.1) is 39.0 Å². The number of aromatic nitrogens is 4. The third-order valence-electron chi connectivity index (χ3n) is 5.13. The van der Waals surface area contributed by atoms with E-state index in [1.807, 2.05) is 67.4 Å². The van der Waals surface area contributed by atoms with Crippen molar-refractivity contribution in [3.8, 4) is 11.8 Å². The quantitative estimate of drug-likeness (QED) is 0.665. The maximum Gasteiger partial charge on any atom is 0.224 e. The van der Waals surface area contributed by atoms with E-state index in [2.05, 4.69) is 21.6 Å². The van der Waals surface area contributed by atoms with E-state index in [1.165, 1.54) is 0 Å². The number of nitriles is 1. The van der Waals surface area contributed by atoms with Crippen LogP contribution in [0.4, 0.5) is 5.69 Å². The van der Waals surface area contributed by atoms with Crippen molar-refractivity contribution < 1.29 is 4.79 Å². The van der Waals surface area contributed by atoms with Gasteiger partial charge in [-0.1, -0.05) is 18.2 Å². The van der Waals surface area contributed by atoms with Crippen LogP contribution in [0.15, 0.2) is 30.3 Å². The number of nitrogens with one attached hydrogen (secondary N) is 1. The normalized spacial score (nSPS) is 10.7. The van der Waals surface area contributed by atoms with E-state index < -0.39 is 0 Å². The van der Waals surface area contributed by atoms with E-state index in [9.17, 15) is 4.79 Å². The number of para-hydroxylation sites is 1. The van der Waals surface area contributed by atoms with Crippen LogP contribution in [0.5, 0.6) is 0 Å². The van der Waals surface area contributed by atoms with E-state index in [0.29, 0.717) is 25.8 Å². The molecule has 0 unspecified atom stereocenters. The summed E-state index contributed by atoms with van der Waals surface area (Å²) in [7, 11) is 0. The van der Waals surface area contributed by atoms with Crippen LogP contribution < -0.4 is 5.32 Å². The van der Waals surface area contributed by atoms with Crippen molar-refractivity contribution >= 4 is 11.6 Å². The second kappa shape index (κ2) is 8.74. The fourth-order valence-corrected chi connectivity index (χ4v) is 3.55. The Bertz CT molecular complexity index is 1060. The zero-order chi connectivity index (χ0) is 21.0. The van der Waals surface area contributed by atoms with Gasteiger partial charge in [0.2, 0.25) is 5.91 Å². The highest BCUT2D eigenvalue weighted by Gasteiger charge is 2.17. The lowest BCUT2D eigenvalue weighted by Crippen LogP contribution is -2.14. The van der Waals surface area contributed by atoms with Crippen molar-refractivity contribution in [1.82, 2.24) is 19.6 Å². The number of hydrogen-bond donors (Lipinski definition) is 1. The molecule has 0 atom stereocenters. The summed E-state index contributed by atoms with van der Waals surface area (Å²) in [6.45, 7) is 8.36. The lowest BCUT2D eigenvalue weighted by atomic mass is 10.1. The van der Waals surface area contributed by atoms with E-state index in [-0.39, 0.29) is 5.91 Å². The molecule has 0 saturated carbocycles. The first-order chi connectivity index (χ1) is 13.9. The van der Waals surface area contributed by atoms with Crippen molar-refractivity contribution in [2.24, 2.45) is 0 Å². The topological polar surface area (TPSA) is 88.5 Å². The molecule has 29 heavy (non-hydrogen) atoms. The Labute approximate surface area is 171 Å². The van der Waals surface area contributed by atoms with Gasteiger partial charge < -0.3 is 5.32 Å². The SMILES string of the molecule is Cc1nn(CCC#N)c(C)c1CCC(=O)Nc1c(C)nn(-c2ccccc2)c1C. The largest absolute Gasteiger partial charge is 0.323 e. The molecule has 150 valence electrons. The van der Waals surface area contributed by atoms with Gasteiger partial charge in [-0.2, -0.15) is 15.5 Å². The summed E-state index contributed by atoms with van der Waals surface area (Å²) in [5.74, 6) is -0.0487. The molecule has 3 rings (SSSR count). The average molecular weight is 390 g/mol. The number of nitrogens with zero attached hydrogens (tertiary/aromatic N) is 5. The van der Waals surface area contributed by atoms with Crippen LogP contribution in [0.3, 0.4) is 0 Å². The first-order valence-electron chi connectivity index (χ1n) is 9.73. The smallest absolute Gasteiger partial charge is 0.224 e. The molecule has 7 heteroatoms. The minimum absolute atomic E-state index is 0.0487. The summed E-state index contributed by atoms with van der Waals surface area (Å²) >= 11 is 0. The van der Waals surface area contributed by atoms with Gasteiger partial charge >= 0.3 is 0 Å². The lowest BCUT2D eigenvalue weighted by Gasteiger charge is -2.08. The Morgan fingerprint density at radius 1 is 1.07 bits per heavy atom. The van der Waals surface area contributed by atoms with Crippen molar-refractivity contribution in [3.05, 3.63) is 58.7 Å². The molecule has 7 nitrogen and oxygen atoms in total. The zero-order valence-electron chi connectivity index (χ0n) is 17.4. The number of carbonyl (C=O) groups excluding carboxylic acids is 1. The molecule has 0 saturated heterocycles. The van der Waals surface area contributed by atoms with Crippen LogP contribution in [0.1, 0.15) is 41.2 Å². The van der Waals surface area contributed by atoms with E-state index in [1.54, 1.807) is 0 Å². The standard InChI is InChI=1S/C22H26N6O/c1-15-20(17(3)27(25-15)14-8-13-23)11-12-21(29)24-22-16(2)26-28(18(22)4)19-9-6-5-7-10-19/h5-7,9-10H,8,11-12,14H2,1-4H3,(H,24,29). The van der Waals surface area contributed by atoms with Crippen molar-refractivity contribution in [1.29, 1.82) is 5.26 Å². The number of amides is 1. The molecule has 3 aromatic rings. The van der Waals surface area contributed by atoms with Gasteiger partial charge in [-0.05, 0) is 51.8 Å². The minimum atomic E-state index is -0.0487. The van der Waals surface area contributed by atoms with Crippen LogP contribution in [-0.2, 0) is 17.8 Å². The maximum absolute atomic E-state index is 12.6. The Morgan fingerprint density at radius 2 is 1.79 bits per heavy atom. The fraction of sp³-hybridized carbons (Fsp3) is 0.364. The molecule has 0 aliphatic heterocycles. The zero-order valence-corrected chi connectivity index (χ0v) is 17.4. The molecule has 0 radical (unpaired) electrons. The number of anilines is 1.